The van der Waals surface area contributed by atoms with Gasteiger partial charge in [-0.2, -0.15) is 0 Å². The highest BCUT2D eigenvalue weighted by Crippen LogP contribution is 2.53. The number of para-hydroxylation sites is 2. The van der Waals surface area contributed by atoms with Crippen molar-refractivity contribution < 1.29 is 4.42 Å². The zero-order chi connectivity index (χ0) is 22.8. The standard InChI is InChI=1S/C25H27N5O2S/c1-24(2)11-16-12-25(3,14-24)15-30(16)21-23(31)29(18-8-5-4-7-17(18)26-21)13-20-27-28-22(32-20)19-9-6-10-33-19/h4-10,16H,11-15H2,1-3H3/t16-,25-/m0/s1. The van der Waals surface area contributed by atoms with E-state index in [2.05, 4.69) is 35.9 Å². The minimum Gasteiger partial charge on any atom is -0.418 e. The van der Waals surface area contributed by atoms with E-state index in [0.29, 0.717) is 23.6 Å². The van der Waals surface area contributed by atoms with Crippen molar-refractivity contribution in [2.45, 2.75) is 52.6 Å². The molecule has 2 atom stereocenters. The summed E-state index contributed by atoms with van der Waals surface area (Å²) in [4.78, 5) is 21.9. The monoisotopic (exact) mass is 461 g/mol. The van der Waals surface area contributed by atoms with Gasteiger partial charge in [0, 0.05) is 12.6 Å². The molecule has 6 rings (SSSR count). The lowest BCUT2D eigenvalue weighted by molar-refractivity contribution is 0.136. The van der Waals surface area contributed by atoms with Crippen LogP contribution in [0.3, 0.4) is 0 Å². The number of benzene rings is 1. The first-order valence-corrected chi connectivity index (χ1v) is 12.3. The van der Waals surface area contributed by atoms with Gasteiger partial charge in [-0.15, -0.1) is 21.5 Å². The quantitative estimate of drug-likeness (QED) is 0.427. The number of thiophene rings is 1. The van der Waals surface area contributed by atoms with E-state index in [0.717, 1.165) is 35.3 Å². The normalized spacial score (nSPS) is 24.0. The molecule has 33 heavy (non-hydrogen) atoms. The molecule has 1 aliphatic heterocycles. The highest BCUT2D eigenvalue weighted by atomic mass is 32.1. The topological polar surface area (TPSA) is 77.1 Å². The fourth-order valence-electron chi connectivity index (χ4n) is 6.18. The predicted octanol–water partition coefficient (Wildman–Crippen LogP) is 4.96. The van der Waals surface area contributed by atoms with Crippen LogP contribution in [-0.4, -0.2) is 32.3 Å². The summed E-state index contributed by atoms with van der Waals surface area (Å²) in [5.41, 5.74) is 1.95. The Bertz CT molecular complexity index is 1390. The Labute approximate surface area is 196 Å². The first-order chi connectivity index (χ1) is 15.8. The molecule has 2 fully saturated rings. The number of hydrogen-bond acceptors (Lipinski definition) is 7. The van der Waals surface area contributed by atoms with Crippen molar-refractivity contribution in [2.24, 2.45) is 10.8 Å². The average Bonchev–Trinajstić information content (AvgIpc) is 3.48. The van der Waals surface area contributed by atoms with Crippen LogP contribution in [0, 0.1) is 10.8 Å². The fraction of sp³-hybridized carbons (Fsp3) is 0.440. The van der Waals surface area contributed by atoms with E-state index in [1.807, 2.05) is 41.8 Å². The second-order valence-electron chi connectivity index (χ2n) is 10.6. The zero-order valence-electron chi connectivity index (χ0n) is 19.1. The number of hydrogen-bond donors (Lipinski definition) is 0. The summed E-state index contributed by atoms with van der Waals surface area (Å²) in [6, 6.07) is 12.0. The van der Waals surface area contributed by atoms with Crippen molar-refractivity contribution in [2.75, 3.05) is 11.4 Å². The molecule has 1 saturated heterocycles. The van der Waals surface area contributed by atoms with Gasteiger partial charge >= 0.3 is 0 Å². The number of anilines is 1. The molecule has 4 aromatic rings. The Kier molecular flexibility index (Phi) is 4.52. The average molecular weight is 462 g/mol. The molecule has 7 nitrogen and oxygen atoms in total. The van der Waals surface area contributed by atoms with E-state index in [1.165, 1.54) is 6.42 Å². The second kappa shape index (κ2) is 7.25. The van der Waals surface area contributed by atoms with Crippen LogP contribution in [0.2, 0.25) is 0 Å². The van der Waals surface area contributed by atoms with Gasteiger partial charge in [-0.1, -0.05) is 39.0 Å². The number of aromatic nitrogens is 4. The molecular weight excluding hydrogens is 434 g/mol. The van der Waals surface area contributed by atoms with Crippen molar-refractivity contribution in [3.05, 3.63) is 58.0 Å². The second-order valence-corrected chi connectivity index (χ2v) is 11.6. The van der Waals surface area contributed by atoms with E-state index < -0.39 is 0 Å². The highest BCUT2D eigenvalue weighted by molar-refractivity contribution is 7.13. The van der Waals surface area contributed by atoms with Gasteiger partial charge in [0.2, 0.25) is 5.89 Å². The van der Waals surface area contributed by atoms with Crippen LogP contribution in [0.5, 0.6) is 0 Å². The summed E-state index contributed by atoms with van der Waals surface area (Å²) in [6.07, 6.45) is 3.35. The highest BCUT2D eigenvalue weighted by Gasteiger charge is 2.50. The summed E-state index contributed by atoms with van der Waals surface area (Å²) in [6.45, 7) is 8.12. The van der Waals surface area contributed by atoms with Gasteiger partial charge in [-0.25, -0.2) is 4.98 Å². The summed E-state index contributed by atoms with van der Waals surface area (Å²) >= 11 is 1.55. The molecule has 0 radical (unpaired) electrons. The molecule has 2 bridgehead atoms. The molecule has 1 aromatic carbocycles. The Hall–Kier alpha value is -3.00. The van der Waals surface area contributed by atoms with Crippen molar-refractivity contribution in [3.63, 3.8) is 0 Å². The van der Waals surface area contributed by atoms with Gasteiger partial charge in [0.05, 0.1) is 15.9 Å². The molecule has 1 aliphatic carbocycles. The molecule has 0 amide bonds. The van der Waals surface area contributed by atoms with Crippen molar-refractivity contribution in [1.29, 1.82) is 0 Å². The van der Waals surface area contributed by atoms with E-state index in [-0.39, 0.29) is 22.9 Å². The molecule has 0 unspecified atom stereocenters. The maximum absolute atomic E-state index is 13.8. The van der Waals surface area contributed by atoms with Crippen LogP contribution in [0.4, 0.5) is 5.82 Å². The molecule has 0 spiro atoms. The summed E-state index contributed by atoms with van der Waals surface area (Å²) in [5.74, 6) is 1.43. The first-order valence-electron chi connectivity index (χ1n) is 11.4. The van der Waals surface area contributed by atoms with Crippen LogP contribution in [0.15, 0.2) is 51.0 Å². The van der Waals surface area contributed by atoms with Crippen molar-refractivity contribution in [1.82, 2.24) is 19.7 Å². The van der Waals surface area contributed by atoms with Crippen LogP contribution < -0.4 is 10.5 Å². The molecule has 170 valence electrons. The van der Waals surface area contributed by atoms with Gasteiger partial charge in [0.25, 0.3) is 11.4 Å². The number of rotatable bonds is 4. The van der Waals surface area contributed by atoms with Crippen LogP contribution in [-0.2, 0) is 6.54 Å². The lowest BCUT2D eigenvalue weighted by Crippen LogP contribution is -2.38. The van der Waals surface area contributed by atoms with Crippen molar-refractivity contribution in [3.8, 4) is 10.8 Å². The Morgan fingerprint density at radius 1 is 1.12 bits per heavy atom. The van der Waals surface area contributed by atoms with Gasteiger partial charge < -0.3 is 9.32 Å². The maximum atomic E-state index is 13.8. The van der Waals surface area contributed by atoms with E-state index >= 15 is 0 Å². The Balaban J connectivity index is 1.43. The number of fused-ring (bicyclic) bond motifs is 3. The van der Waals surface area contributed by atoms with Crippen LogP contribution >= 0.6 is 11.3 Å². The molecule has 0 N–H and O–H groups in total. The van der Waals surface area contributed by atoms with E-state index in [1.54, 1.807) is 15.9 Å². The first kappa shape index (κ1) is 20.6. The minimum atomic E-state index is -0.0986. The molecule has 4 heterocycles. The third-order valence-corrected chi connectivity index (χ3v) is 7.87. The van der Waals surface area contributed by atoms with Crippen molar-refractivity contribution >= 4 is 28.2 Å². The van der Waals surface area contributed by atoms with Gasteiger partial charge in [0.1, 0.15) is 6.54 Å². The molecule has 3 aromatic heterocycles. The fourth-order valence-corrected chi connectivity index (χ4v) is 6.83. The van der Waals surface area contributed by atoms with E-state index in [9.17, 15) is 4.79 Å². The minimum absolute atomic E-state index is 0.0986. The maximum Gasteiger partial charge on any atom is 0.294 e. The van der Waals surface area contributed by atoms with E-state index in [4.69, 9.17) is 9.40 Å². The largest absolute Gasteiger partial charge is 0.418 e. The predicted molar refractivity (Wildman–Crippen MR) is 130 cm³/mol. The molecule has 1 saturated carbocycles. The molecule has 8 heteroatoms. The number of nitrogens with zero attached hydrogens (tertiary/aromatic N) is 5. The van der Waals surface area contributed by atoms with Gasteiger partial charge in [-0.05, 0) is 53.7 Å². The lowest BCUT2D eigenvalue weighted by atomic mass is 9.65. The lowest BCUT2D eigenvalue weighted by Gasteiger charge is -2.39. The van der Waals surface area contributed by atoms with Crippen LogP contribution in [0.25, 0.3) is 21.8 Å². The zero-order valence-corrected chi connectivity index (χ0v) is 19.9. The SMILES string of the molecule is CC1(C)C[C@H]2C[C@](C)(CN2c2nc3ccccc3n(Cc3nnc(-c4cccs4)o3)c2=O)C1. The summed E-state index contributed by atoms with van der Waals surface area (Å²) in [7, 11) is 0. The van der Waals surface area contributed by atoms with Crippen LogP contribution in [0.1, 0.15) is 45.9 Å². The Morgan fingerprint density at radius 2 is 1.97 bits per heavy atom. The Morgan fingerprint density at radius 3 is 2.79 bits per heavy atom. The third-order valence-electron chi connectivity index (χ3n) is 7.01. The molecular formula is C25H27N5O2S. The summed E-state index contributed by atoms with van der Waals surface area (Å²) < 4.78 is 7.64. The molecule has 2 aliphatic rings. The smallest absolute Gasteiger partial charge is 0.294 e. The third kappa shape index (κ3) is 3.57. The summed E-state index contributed by atoms with van der Waals surface area (Å²) in [5, 5.41) is 10.4. The van der Waals surface area contributed by atoms with Gasteiger partial charge in [0.15, 0.2) is 5.82 Å². The van der Waals surface area contributed by atoms with Gasteiger partial charge in [-0.3, -0.25) is 9.36 Å².